The second-order valence-corrected chi connectivity index (χ2v) is 8.74. The lowest BCUT2D eigenvalue weighted by Crippen LogP contribution is -2.33. The first-order valence-electron chi connectivity index (χ1n) is 7.99. The van der Waals surface area contributed by atoms with Crippen molar-refractivity contribution >= 4 is 16.1 Å². The molecule has 0 unspecified atom stereocenters. The number of alkyl halides is 1. The molecule has 1 aliphatic heterocycles. The van der Waals surface area contributed by atoms with E-state index in [4.69, 9.17) is 4.74 Å². The van der Waals surface area contributed by atoms with E-state index in [1.807, 2.05) is 0 Å². The van der Waals surface area contributed by atoms with E-state index in [2.05, 4.69) is 10.2 Å². The number of fused-ring (bicyclic) bond motifs is 1. The standard InChI is InChI=1S/C15H20FN5O4S/c1-15(2,3)25-14(22)19-7-11-8-21(18-13(11)10-19)26(23,24)12-6-17-20(9-12)5-4-16/h6,8-9H,4-5,7,10H2,1-3H3. The highest BCUT2D eigenvalue weighted by molar-refractivity contribution is 7.89. The number of carbonyl (C=O) groups excluding carboxylic acids is 1. The van der Waals surface area contributed by atoms with Crippen LogP contribution in [0, 0.1) is 0 Å². The molecule has 0 aromatic carbocycles. The van der Waals surface area contributed by atoms with Crippen molar-refractivity contribution in [2.24, 2.45) is 0 Å². The first-order valence-corrected chi connectivity index (χ1v) is 9.43. The van der Waals surface area contributed by atoms with E-state index in [9.17, 15) is 17.6 Å². The summed E-state index contributed by atoms with van der Waals surface area (Å²) < 4.78 is 45.0. The number of ether oxygens (including phenoxy) is 1. The highest BCUT2D eigenvalue weighted by Crippen LogP contribution is 2.25. The molecule has 3 rings (SSSR count). The Bertz CT molecular complexity index is 905. The van der Waals surface area contributed by atoms with Gasteiger partial charge in [-0.2, -0.15) is 22.7 Å². The van der Waals surface area contributed by atoms with Crippen LogP contribution in [0.4, 0.5) is 9.18 Å². The minimum Gasteiger partial charge on any atom is -0.444 e. The van der Waals surface area contributed by atoms with Gasteiger partial charge in [0, 0.05) is 18.0 Å². The summed E-state index contributed by atoms with van der Waals surface area (Å²) in [5.74, 6) is 0. The average Bonchev–Trinajstić information content (AvgIpc) is 3.19. The average molecular weight is 385 g/mol. The van der Waals surface area contributed by atoms with Crippen LogP contribution in [0.2, 0.25) is 0 Å². The highest BCUT2D eigenvalue weighted by Gasteiger charge is 2.32. The highest BCUT2D eigenvalue weighted by atomic mass is 32.2. The summed E-state index contributed by atoms with van der Waals surface area (Å²) in [6, 6.07) is 0. The molecule has 3 heterocycles. The summed E-state index contributed by atoms with van der Waals surface area (Å²) in [4.78, 5) is 13.5. The Balaban J connectivity index is 1.76. The maximum Gasteiger partial charge on any atom is 0.410 e. The van der Waals surface area contributed by atoms with Crippen molar-refractivity contribution in [3.8, 4) is 0 Å². The molecule has 2 aromatic rings. The fraction of sp³-hybridized carbons (Fsp3) is 0.533. The maximum absolute atomic E-state index is 12.6. The zero-order chi connectivity index (χ0) is 19.1. The number of hydrogen-bond donors (Lipinski definition) is 0. The lowest BCUT2D eigenvalue weighted by atomic mass is 10.2. The van der Waals surface area contributed by atoms with E-state index in [0.717, 1.165) is 10.3 Å². The Kier molecular flexibility index (Phi) is 4.51. The van der Waals surface area contributed by atoms with Crippen molar-refractivity contribution in [3.63, 3.8) is 0 Å². The van der Waals surface area contributed by atoms with Gasteiger partial charge in [-0.3, -0.25) is 9.58 Å². The van der Waals surface area contributed by atoms with Gasteiger partial charge < -0.3 is 4.74 Å². The third-order valence-electron chi connectivity index (χ3n) is 3.68. The molecule has 0 radical (unpaired) electrons. The van der Waals surface area contributed by atoms with Crippen molar-refractivity contribution in [1.82, 2.24) is 23.9 Å². The van der Waals surface area contributed by atoms with Gasteiger partial charge in [-0.05, 0) is 20.8 Å². The smallest absolute Gasteiger partial charge is 0.410 e. The fourth-order valence-electron chi connectivity index (χ4n) is 2.50. The van der Waals surface area contributed by atoms with Crippen LogP contribution in [0.25, 0.3) is 0 Å². The zero-order valence-electron chi connectivity index (χ0n) is 14.7. The molecular weight excluding hydrogens is 365 g/mol. The lowest BCUT2D eigenvalue weighted by Gasteiger charge is -2.24. The number of nitrogens with zero attached hydrogens (tertiary/aromatic N) is 5. The maximum atomic E-state index is 12.6. The van der Waals surface area contributed by atoms with Gasteiger partial charge in [0.1, 0.15) is 17.2 Å². The van der Waals surface area contributed by atoms with Crippen LogP contribution >= 0.6 is 0 Å². The molecule has 0 spiro atoms. The molecule has 0 atom stereocenters. The summed E-state index contributed by atoms with van der Waals surface area (Å²) in [6.07, 6.45) is 3.32. The van der Waals surface area contributed by atoms with Gasteiger partial charge in [0.25, 0.3) is 10.0 Å². The first-order chi connectivity index (χ1) is 12.1. The molecule has 0 saturated heterocycles. The van der Waals surface area contributed by atoms with Crippen LogP contribution < -0.4 is 0 Å². The summed E-state index contributed by atoms with van der Waals surface area (Å²) >= 11 is 0. The number of halogens is 1. The Morgan fingerprint density at radius 3 is 2.65 bits per heavy atom. The van der Waals surface area contributed by atoms with Gasteiger partial charge in [-0.15, -0.1) is 0 Å². The molecule has 2 aromatic heterocycles. The Hall–Kier alpha value is -2.43. The number of aryl methyl sites for hydroxylation is 1. The van der Waals surface area contributed by atoms with Crippen molar-refractivity contribution in [2.75, 3.05) is 6.67 Å². The van der Waals surface area contributed by atoms with Crippen molar-refractivity contribution < 1.29 is 22.3 Å². The molecule has 9 nitrogen and oxygen atoms in total. The van der Waals surface area contributed by atoms with E-state index in [-0.39, 0.29) is 24.5 Å². The molecule has 11 heteroatoms. The summed E-state index contributed by atoms with van der Waals surface area (Å²) in [7, 11) is -3.92. The van der Waals surface area contributed by atoms with Gasteiger partial charge in [-0.1, -0.05) is 0 Å². The topological polar surface area (TPSA) is 99.3 Å². The van der Waals surface area contributed by atoms with Gasteiger partial charge >= 0.3 is 6.09 Å². The van der Waals surface area contributed by atoms with Crippen molar-refractivity contribution in [1.29, 1.82) is 0 Å². The van der Waals surface area contributed by atoms with E-state index in [1.54, 1.807) is 20.8 Å². The lowest BCUT2D eigenvalue weighted by molar-refractivity contribution is 0.0239. The molecule has 1 amide bonds. The number of carbonyl (C=O) groups is 1. The summed E-state index contributed by atoms with van der Waals surface area (Å²) in [5, 5.41) is 7.91. The molecule has 0 aliphatic carbocycles. The molecule has 0 saturated carbocycles. The van der Waals surface area contributed by atoms with Crippen LogP contribution in [0.1, 0.15) is 32.0 Å². The molecular formula is C15H20FN5O4S. The number of hydrogen-bond acceptors (Lipinski definition) is 6. The normalized spacial score (nSPS) is 14.5. The third-order valence-corrected chi connectivity index (χ3v) is 5.16. The molecule has 142 valence electrons. The van der Waals surface area contributed by atoms with Crippen LogP contribution in [-0.4, -0.2) is 50.7 Å². The molecule has 1 aliphatic rings. The minimum atomic E-state index is -3.92. The van der Waals surface area contributed by atoms with Gasteiger partial charge in [-0.25, -0.2) is 9.18 Å². The number of aromatic nitrogens is 4. The molecule has 26 heavy (non-hydrogen) atoms. The fourth-order valence-corrected chi connectivity index (χ4v) is 3.62. The predicted octanol–water partition coefficient (Wildman–Crippen LogP) is 1.54. The van der Waals surface area contributed by atoms with Crippen molar-refractivity contribution in [2.45, 2.75) is 50.9 Å². The molecule has 0 N–H and O–H groups in total. The van der Waals surface area contributed by atoms with E-state index < -0.39 is 28.4 Å². The summed E-state index contributed by atoms with van der Waals surface area (Å²) in [5.41, 5.74) is 0.520. The van der Waals surface area contributed by atoms with Crippen LogP contribution in [0.3, 0.4) is 0 Å². The second kappa shape index (κ2) is 6.38. The second-order valence-electron chi connectivity index (χ2n) is 6.94. The minimum absolute atomic E-state index is 0.0179. The predicted molar refractivity (Wildman–Crippen MR) is 88.5 cm³/mol. The Labute approximate surface area is 150 Å². The zero-order valence-corrected chi connectivity index (χ0v) is 15.5. The first kappa shape index (κ1) is 18.4. The Morgan fingerprint density at radius 2 is 2.04 bits per heavy atom. The number of amides is 1. The summed E-state index contributed by atoms with van der Waals surface area (Å²) in [6.45, 7) is 5.06. The van der Waals surface area contributed by atoms with Crippen LogP contribution in [-0.2, 0) is 34.4 Å². The van der Waals surface area contributed by atoms with Crippen LogP contribution in [0.15, 0.2) is 23.5 Å². The monoisotopic (exact) mass is 385 g/mol. The SMILES string of the molecule is CC(C)(C)OC(=O)N1Cc2cn(S(=O)(=O)c3cnn(CCF)c3)nc2C1. The van der Waals surface area contributed by atoms with Gasteiger partial charge in [0.05, 0.1) is 31.5 Å². The Morgan fingerprint density at radius 1 is 1.31 bits per heavy atom. The van der Waals surface area contributed by atoms with Crippen LogP contribution in [0.5, 0.6) is 0 Å². The van der Waals surface area contributed by atoms with E-state index in [1.165, 1.54) is 22.0 Å². The van der Waals surface area contributed by atoms with Crippen molar-refractivity contribution in [3.05, 3.63) is 29.8 Å². The third kappa shape index (κ3) is 3.57. The van der Waals surface area contributed by atoms with Gasteiger partial charge in [0.2, 0.25) is 0 Å². The largest absolute Gasteiger partial charge is 0.444 e. The van der Waals surface area contributed by atoms with E-state index >= 15 is 0 Å². The van der Waals surface area contributed by atoms with E-state index in [0.29, 0.717) is 11.3 Å². The molecule has 0 bridgehead atoms. The molecule has 0 fully saturated rings. The number of rotatable bonds is 4. The quantitative estimate of drug-likeness (QED) is 0.792. The van der Waals surface area contributed by atoms with Gasteiger partial charge in [0.15, 0.2) is 0 Å².